The Hall–Kier alpha value is -2.86. The Morgan fingerprint density at radius 3 is 2.29 bits per heavy atom. The molecule has 0 bridgehead atoms. The molecule has 1 heterocycles. The molecule has 1 aliphatic rings. The molecule has 1 saturated heterocycles. The first kappa shape index (κ1) is 21.4. The third-order valence-corrected chi connectivity index (χ3v) is 4.53. The highest BCUT2D eigenvalue weighted by Crippen LogP contribution is 2.17. The average molecular weight is 383 g/mol. The van der Waals surface area contributed by atoms with Crippen molar-refractivity contribution in [3.05, 3.63) is 59.7 Å². The molecule has 150 valence electrons. The highest BCUT2D eigenvalue weighted by atomic mass is 16.5. The molecule has 1 aliphatic heterocycles. The Morgan fingerprint density at radius 2 is 1.75 bits per heavy atom. The molecule has 3 N–H and O–H groups in total. The van der Waals surface area contributed by atoms with Gasteiger partial charge in [-0.2, -0.15) is 0 Å². The largest absolute Gasteiger partial charge is 0.468 e. The van der Waals surface area contributed by atoms with Crippen molar-refractivity contribution in [2.24, 2.45) is 0 Å². The van der Waals surface area contributed by atoms with E-state index in [1.807, 2.05) is 36.4 Å². The summed E-state index contributed by atoms with van der Waals surface area (Å²) in [6.07, 6.45) is 1.27. The lowest BCUT2D eigenvalue weighted by Gasteiger charge is -2.29. The van der Waals surface area contributed by atoms with E-state index in [0.29, 0.717) is 19.5 Å². The summed E-state index contributed by atoms with van der Waals surface area (Å²) < 4.78 is 4.15. The number of anilines is 2. The molecule has 2 aromatic rings. The monoisotopic (exact) mass is 383 g/mol. The van der Waals surface area contributed by atoms with E-state index in [1.165, 1.54) is 5.69 Å². The molecule has 0 amide bonds. The van der Waals surface area contributed by atoms with E-state index in [-0.39, 0.29) is 5.78 Å². The fourth-order valence-corrected chi connectivity index (χ4v) is 2.94. The summed E-state index contributed by atoms with van der Waals surface area (Å²) in [7, 11) is 0. The fraction of sp³-hybridized carbons (Fsp3) is 0.364. The van der Waals surface area contributed by atoms with Gasteiger partial charge in [-0.15, -0.1) is 0 Å². The zero-order chi connectivity index (χ0) is 20.2. The van der Waals surface area contributed by atoms with Crippen molar-refractivity contribution in [3.63, 3.8) is 0 Å². The number of carbonyl (C=O) groups is 2. The topological polar surface area (TPSA) is 84.7 Å². The number of hydrogen-bond acceptors (Lipinski definition) is 6. The summed E-state index contributed by atoms with van der Waals surface area (Å²) >= 11 is 0. The lowest BCUT2D eigenvalue weighted by molar-refractivity contribution is -0.128. The Labute approximate surface area is 166 Å². The summed E-state index contributed by atoms with van der Waals surface area (Å²) in [5, 5.41) is 3.35. The molecule has 6 nitrogen and oxygen atoms in total. The van der Waals surface area contributed by atoms with Crippen LogP contribution in [0.4, 0.5) is 11.4 Å². The molecule has 3 rings (SSSR count). The van der Waals surface area contributed by atoms with E-state index in [9.17, 15) is 9.59 Å². The minimum atomic E-state index is 0.189. The van der Waals surface area contributed by atoms with Gasteiger partial charge in [0, 0.05) is 49.5 Å². The quantitative estimate of drug-likeness (QED) is 0.434. The summed E-state index contributed by atoms with van der Waals surface area (Å²) in [5.74, 6) is 0.189. The Bertz CT molecular complexity index is 724. The maximum absolute atomic E-state index is 12.3. The van der Waals surface area contributed by atoms with E-state index < -0.39 is 0 Å². The first-order valence-corrected chi connectivity index (χ1v) is 9.62. The number of Topliss-reactive ketones (excluding diaryl/α,β-unsaturated/α-hetero) is 1. The summed E-state index contributed by atoms with van der Waals surface area (Å²) in [4.78, 5) is 23.9. The van der Waals surface area contributed by atoms with Crippen molar-refractivity contribution >= 4 is 23.6 Å². The van der Waals surface area contributed by atoms with Gasteiger partial charge >= 0.3 is 0 Å². The summed E-state index contributed by atoms with van der Waals surface area (Å²) in [5.41, 5.74) is 9.56. The number of nitrogen functional groups attached to an aromatic ring is 1. The Kier molecular flexibility index (Phi) is 9.01. The van der Waals surface area contributed by atoms with Gasteiger partial charge in [-0.05, 0) is 55.3 Å². The molecule has 1 fully saturated rings. The van der Waals surface area contributed by atoms with Gasteiger partial charge in [0.25, 0.3) is 6.47 Å². The predicted octanol–water partition coefficient (Wildman–Crippen LogP) is 2.67. The van der Waals surface area contributed by atoms with Crippen LogP contribution in [-0.4, -0.2) is 45.0 Å². The Morgan fingerprint density at radius 1 is 1.11 bits per heavy atom. The molecule has 0 saturated carbocycles. The van der Waals surface area contributed by atoms with E-state index in [2.05, 4.69) is 27.1 Å². The lowest BCUT2D eigenvalue weighted by Crippen LogP contribution is -2.43. The van der Waals surface area contributed by atoms with Crippen LogP contribution in [0.25, 0.3) is 0 Å². The van der Waals surface area contributed by atoms with Gasteiger partial charge in [-0.25, -0.2) is 0 Å². The normalized spacial score (nSPS) is 13.2. The minimum Gasteiger partial charge on any atom is -0.468 e. The minimum absolute atomic E-state index is 0.189. The number of carbonyl (C=O) groups excluding carboxylic acids is 2. The van der Waals surface area contributed by atoms with Crippen molar-refractivity contribution in [3.8, 4) is 0 Å². The number of nitrogens with two attached hydrogens (primary N) is 1. The molecule has 0 aromatic heterocycles. The molecule has 0 atom stereocenters. The van der Waals surface area contributed by atoms with Gasteiger partial charge in [-0.1, -0.05) is 12.1 Å². The number of ketones is 1. The Balaban J connectivity index is 0.000000500. The van der Waals surface area contributed by atoms with Crippen molar-refractivity contribution in [2.45, 2.75) is 19.8 Å². The van der Waals surface area contributed by atoms with E-state index in [0.717, 1.165) is 49.4 Å². The molecule has 0 unspecified atom stereocenters. The van der Waals surface area contributed by atoms with Crippen molar-refractivity contribution in [1.29, 1.82) is 0 Å². The van der Waals surface area contributed by atoms with Crippen LogP contribution in [0, 0.1) is 0 Å². The number of nitrogens with zero attached hydrogens (tertiary/aromatic N) is 1. The van der Waals surface area contributed by atoms with Crippen molar-refractivity contribution in [1.82, 2.24) is 5.32 Å². The van der Waals surface area contributed by atoms with Crippen LogP contribution in [0.15, 0.2) is 48.5 Å². The number of hydrogen-bond donors (Lipinski definition) is 2. The fourth-order valence-electron chi connectivity index (χ4n) is 2.94. The summed E-state index contributed by atoms with van der Waals surface area (Å²) in [6, 6.07) is 15.7. The van der Waals surface area contributed by atoms with Gasteiger partial charge in [0.1, 0.15) is 0 Å². The molecule has 0 spiro atoms. The van der Waals surface area contributed by atoms with Crippen LogP contribution in [0.1, 0.15) is 29.3 Å². The second kappa shape index (κ2) is 11.8. The lowest BCUT2D eigenvalue weighted by atomic mass is 10.0. The van der Waals surface area contributed by atoms with Crippen LogP contribution in [0.3, 0.4) is 0 Å². The third kappa shape index (κ3) is 7.04. The molecule has 0 aliphatic carbocycles. The van der Waals surface area contributed by atoms with Gasteiger partial charge < -0.3 is 20.7 Å². The zero-order valence-corrected chi connectivity index (χ0v) is 16.4. The number of piperazine rings is 1. The van der Waals surface area contributed by atoms with Crippen LogP contribution in [0.5, 0.6) is 0 Å². The average Bonchev–Trinajstić information content (AvgIpc) is 2.75. The number of aryl methyl sites for hydroxylation is 1. The standard InChI is InChI=1S/C19H23N3O.C3H6O2/c20-17-6-1-15(2-7-17)3-10-19(23)16-4-8-18(9-5-16)22-13-11-21-12-14-22;1-2-5-3-4/h1-2,4-9,21H,3,10-14,20H2;3H,2H2,1H3. The van der Waals surface area contributed by atoms with E-state index in [4.69, 9.17) is 5.73 Å². The SMILES string of the molecule is CCOC=O.Nc1ccc(CCC(=O)c2ccc(N3CCNCC3)cc2)cc1. The maximum Gasteiger partial charge on any atom is 0.293 e. The number of ether oxygens (including phenoxy) is 1. The van der Waals surface area contributed by atoms with Gasteiger partial charge in [0.15, 0.2) is 5.78 Å². The first-order chi connectivity index (χ1) is 13.6. The smallest absolute Gasteiger partial charge is 0.293 e. The van der Waals surface area contributed by atoms with Crippen LogP contribution < -0.4 is 16.0 Å². The highest BCUT2D eigenvalue weighted by Gasteiger charge is 2.11. The maximum atomic E-state index is 12.3. The second-order valence-corrected chi connectivity index (χ2v) is 6.50. The molecule has 2 aromatic carbocycles. The predicted molar refractivity (Wildman–Crippen MR) is 113 cm³/mol. The van der Waals surface area contributed by atoms with Crippen LogP contribution >= 0.6 is 0 Å². The van der Waals surface area contributed by atoms with Gasteiger partial charge in [0.05, 0.1) is 6.61 Å². The van der Waals surface area contributed by atoms with E-state index >= 15 is 0 Å². The molecule has 6 heteroatoms. The number of benzene rings is 2. The number of nitrogens with one attached hydrogen (secondary N) is 1. The van der Waals surface area contributed by atoms with Gasteiger partial charge in [0.2, 0.25) is 0 Å². The van der Waals surface area contributed by atoms with E-state index in [1.54, 1.807) is 6.92 Å². The molecular formula is C22H29N3O3. The molecule has 28 heavy (non-hydrogen) atoms. The summed E-state index contributed by atoms with van der Waals surface area (Å²) in [6.45, 7) is 6.73. The van der Waals surface area contributed by atoms with Crippen molar-refractivity contribution in [2.75, 3.05) is 43.4 Å². The molecular weight excluding hydrogens is 354 g/mol. The van der Waals surface area contributed by atoms with Crippen LogP contribution in [-0.2, 0) is 16.0 Å². The highest BCUT2D eigenvalue weighted by molar-refractivity contribution is 5.96. The second-order valence-electron chi connectivity index (χ2n) is 6.50. The first-order valence-electron chi connectivity index (χ1n) is 9.62. The van der Waals surface area contributed by atoms with Gasteiger partial charge in [-0.3, -0.25) is 9.59 Å². The number of rotatable bonds is 7. The van der Waals surface area contributed by atoms with Crippen molar-refractivity contribution < 1.29 is 14.3 Å². The zero-order valence-electron chi connectivity index (χ0n) is 16.4. The van der Waals surface area contributed by atoms with Crippen LogP contribution in [0.2, 0.25) is 0 Å². The molecule has 0 radical (unpaired) electrons. The third-order valence-electron chi connectivity index (χ3n) is 4.53.